The Balaban J connectivity index is 0.000000242. The fourth-order valence-electron chi connectivity index (χ4n) is 2.65. The molecule has 6 nitrogen and oxygen atoms in total. The Hall–Kier alpha value is -2.57. The van der Waals surface area contributed by atoms with E-state index < -0.39 is 11.9 Å². The minimum atomic E-state index is -1.26. The van der Waals surface area contributed by atoms with Gasteiger partial charge in [0.1, 0.15) is 0 Å². The molecule has 1 aromatic carbocycles. The Labute approximate surface area is 150 Å². The first-order chi connectivity index (χ1) is 11.9. The molecule has 132 valence electrons. The van der Waals surface area contributed by atoms with Crippen LogP contribution < -0.4 is 5.32 Å². The van der Waals surface area contributed by atoms with E-state index in [1.165, 1.54) is 17.0 Å². The Bertz CT molecular complexity index is 782. The van der Waals surface area contributed by atoms with Gasteiger partial charge in [-0.15, -0.1) is 0 Å². The van der Waals surface area contributed by atoms with E-state index in [0.29, 0.717) is 18.2 Å². The van der Waals surface area contributed by atoms with Crippen molar-refractivity contribution in [2.75, 3.05) is 6.54 Å². The van der Waals surface area contributed by atoms with Crippen LogP contribution in [0.5, 0.6) is 0 Å². The highest BCUT2D eigenvalue weighted by Gasteiger charge is 2.18. The molecule has 7 heteroatoms. The number of hydrogen-bond acceptors (Lipinski definition) is 3. The molecular formula is C18H19ClN2O4. The predicted molar refractivity (Wildman–Crippen MR) is 95.7 cm³/mol. The highest BCUT2D eigenvalue weighted by Crippen LogP contribution is 2.29. The molecule has 0 saturated heterocycles. The van der Waals surface area contributed by atoms with E-state index in [0.717, 1.165) is 18.1 Å². The molecule has 1 unspecified atom stereocenters. The van der Waals surface area contributed by atoms with Gasteiger partial charge in [-0.3, -0.25) is 0 Å². The number of carboxylic acid groups (broad SMARTS) is 2. The summed E-state index contributed by atoms with van der Waals surface area (Å²) in [6.45, 7) is 4.25. The van der Waals surface area contributed by atoms with Crippen LogP contribution in [0.15, 0.2) is 48.6 Å². The van der Waals surface area contributed by atoms with E-state index in [9.17, 15) is 9.59 Å². The standard InChI is InChI=1S/C14H15ClN2.C4H4O4/c1-10-13-5-6-14(17(13)8-7-16-10)11-3-2-4-12(15)9-11;5-3(6)1-2-4(7)8/h2-6,9-10,16H,7-8H2,1H3;1-2H,(H,5,6)(H,7,8). The van der Waals surface area contributed by atoms with Crippen LogP contribution in [-0.4, -0.2) is 33.3 Å². The molecule has 0 fully saturated rings. The van der Waals surface area contributed by atoms with E-state index in [2.05, 4.69) is 35.0 Å². The summed E-state index contributed by atoms with van der Waals surface area (Å²) in [7, 11) is 0. The van der Waals surface area contributed by atoms with Gasteiger partial charge in [0, 0.05) is 47.7 Å². The maximum atomic E-state index is 9.55. The summed E-state index contributed by atoms with van der Waals surface area (Å²) in [4.78, 5) is 19.1. The van der Waals surface area contributed by atoms with E-state index in [-0.39, 0.29) is 0 Å². The molecule has 25 heavy (non-hydrogen) atoms. The lowest BCUT2D eigenvalue weighted by molar-refractivity contribution is -0.134. The van der Waals surface area contributed by atoms with Gasteiger partial charge < -0.3 is 20.1 Å². The number of benzene rings is 1. The lowest BCUT2D eigenvalue weighted by Gasteiger charge is -2.25. The van der Waals surface area contributed by atoms with Crippen molar-refractivity contribution in [1.29, 1.82) is 0 Å². The lowest BCUT2D eigenvalue weighted by atomic mass is 10.1. The number of hydrogen-bond donors (Lipinski definition) is 3. The summed E-state index contributed by atoms with van der Waals surface area (Å²) in [6, 6.07) is 12.9. The Morgan fingerprint density at radius 2 is 1.88 bits per heavy atom. The van der Waals surface area contributed by atoms with Crippen LogP contribution in [0.1, 0.15) is 18.7 Å². The maximum absolute atomic E-state index is 9.55. The molecular weight excluding hydrogens is 344 g/mol. The minimum absolute atomic E-state index is 0.427. The average Bonchev–Trinajstić information content (AvgIpc) is 2.99. The van der Waals surface area contributed by atoms with Gasteiger partial charge in [0.2, 0.25) is 0 Å². The first kappa shape index (κ1) is 18.8. The molecule has 1 aliphatic heterocycles. The van der Waals surface area contributed by atoms with Crippen molar-refractivity contribution in [3.8, 4) is 11.3 Å². The molecule has 3 N–H and O–H groups in total. The van der Waals surface area contributed by atoms with Gasteiger partial charge in [-0.1, -0.05) is 23.7 Å². The normalized spacial score (nSPS) is 16.0. The number of aromatic nitrogens is 1. The molecule has 0 amide bonds. The molecule has 1 aromatic heterocycles. The average molecular weight is 363 g/mol. The second-order valence-corrected chi connectivity index (χ2v) is 5.93. The first-order valence-corrected chi connectivity index (χ1v) is 8.09. The van der Waals surface area contributed by atoms with Crippen LogP contribution in [0.4, 0.5) is 0 Å². The zero-order valence-electron chi connectivity index (χ0n) is 13.6. The molecule has 3 rings (SSSR count). The van der Waals surface area contributed by atoms with Crippen molar-refractivity contribution in [2.24, 2.45) is 0 Å². The van der Waals surface area contributed by atoms with Crippen LogP contribution in [0.3, 0.4) is 0 Å². The largest absolute Gasteiger partial charge is 0.478 e. The Morgan fingerprint density at radius 1 is 1.20 bits per heavy atom. The van der Waals surface area contributed by atoms with Gasteiger partial charge in [0.25, 0.3) is 0 Å². The first-order valence-electron chi connectivity index (χ1n) is 7.71. The van der Waals surface area contributed by atoms with Crippen LogP contribution in [0, 0.1) is 0 Å². The highest BCUT2D eigenvalue weighted by molar-refractivity contribution is 6.30. The van der Waals surface area contributed by atoms with Gasteiger partial charge in [0.15, 0.2) is 0 Å². The number of fused-ring (bicyclic) bond motifs is 1. The molecule has 0 aliphatic carbocycles. The smallest absolute Gasteiger partial charge is 0.328 e. The number of halogens is 1. The quantitative estimate of drug-likeness (QED) is 0.729. The lowest BCUT2D eigenvalue weighted by Crippen LogP contribution is -2.31. The number of nitrogens with zero attached hydrogens (tertiary/aromatic N) is 1. The van der Waals surface area contributed by atoms with Crippen molar-refractivity contribution in [1.82, 2.24) is 9.88 Å². The van der Waals surface area contributed by atoms with Crippen molar-refractivity contribution in [2.45, 2.75) is 19.5 Å². The van der Waals surface area contributed by atoms with Gasteiger partial charge in [0.05, 0.1) is 0 Å². The number of aliphatic carboxylic acids is 2. The van der Waals surface area contributed by atoms with Gasteiger partial charge >= 0.3 is 11.9 Å². The van der Waals surface area contributed by atoms with Crippen LogP contribution >= 0.6 is 11.6 Å². The van der Waals surface area contributed by atoms with E-state index in [1.807, 2.05) is 18.2 Å². The van der Waals surface area contributed by atoms with E-state index in [1.54, 1.807) is 0 Å². The third kappa shape index (κ3) is 5.20. The molecule has 0 radical (unpaired) electrons. The van der Waals surface area contributed by atoms with E-state index >= 15 is 0 Å². The molecule has 0 saturated carbocycles. The summed E-state index contributed by atoms with van der Waals surface area (Å²) >= 11 is 6.05. The van der Waals surface area contributed by atoms with Gasteiger partial charge in [-0.25, -0.2) is 9.59 Å². The number of nitrogens with one attached hydrogen (secondary N) is 1. The summed E-state index contributed by atoms with van der Waals surface area (Å²) in [6.07, 6.45) is 1.12. The van der Waals surface area contributed by atoms with Crippen molar-refractivity contribution in [3.05, 3.63) is 59.3 Å². The van der Waals surface area contributed by atoms with Crippen LogP contribution in [0.25, 0.3) is 11.3 Å². The molecule has 2 heterocycles. The molecule has 0 bridgehead atoms. The second-order valence-electron chi connectivity index (χ2n) is 5.49. The van der Waals surface area contributed by atoms with Crippen molar-refractivity contribution < 1.29 is 19.8 Å². The SMILES string of the molecule is CC1NCCn2c(-c3cccc(Cl)c3)ccc21.O=C(O)C=CC(=O)O. The fourth-order valence-corrected chi connectivity index (χ4v) is 2.84. The topological polar surface area (TPSA) is 91.6 Å². The zero-order chi connectivity index (χ0) is 18.4. The zero-order valence-corrected chi connectivity index (χ0v) is 14.4. The van der Waals surface area contributed by atoms with Gasteiger partial charge in [-0.05, 0) is 36.8 Å². The monoisotopic (exact) mass is 362 g/mol. The van der Waals surface area contributed by atoms with Crippen LogP contribution in [-0.2, 0) is 16.1 Å². The Kier molecular flexibility index (Phi) is 6.38. The third-order valence-corrected chi connectivity index (χ3v) is 3.97. The van der Waals surface area contributed by atoms with Crippen molar-refractivity contribution >= 4 is 23.5 Å². The summed E-state index contributed by atoms with van der Waals surface area (Å²) < 4.78 is 2.38. The highest BCUT2D eigenvalue weighted by atomic mass is 35.5. The summed E-state index contributed by atoms with van der Waals surface area (Å²) in [5, 5.41) is 19.9. The number of carbonyl (C=O) groups is 2. The molecule has 1 aliphatic rings. The number of rotatable bonds is 3. The summed E-state index contributed by atoms with van der Waals surface area (Å²) in [5.74, 6) is -2.51. The second kappa shape index (κ2) is 8.50. The predicted octanol–water partition coefficient (Wildman–Crippen LogP) is 3.18. The Morgan fingerprint density at radius 3 is 2.48 bits per heavy atom. The number of carboxylic acids is 2. The third-order valence-electron chi connectivity index (χ3n) is 3.73. The molecule has 1 atom stereocenters. The fraction of sp³-hybridized carbons (Fsp3) is 0.222. The molecule has 2 aromatic rings. The van der Waals surface area contributed by atoms with Gasteiger partial charge in [-0.2, -0.15) is 0 Å². The van der Waals surface area contributed by atoms with E-state index in [4.69, 9.17) is 21.8 Å². The van der Waals surface area contributed by atoms with Crippen LogP contribution in [0.2, 0.25) is 5.02 Å². The molecule has 0 spiro atoms. The summed E-state index contributed by atoms with van der Waals surface area (Å²) in [5.41, 5.74) is 3.81. The maximum Gasteiger partial charge on any atom is 0.328 e. The minimum Gasteiger partial charge on any atom is -0.478 e. The van der Waals surface area contributed by atoms with Crippen molar-refractivity contribution in [3.63, 3.8) is 0 Å².